The molecule has 1 aliphatic rings. The molecule has 1 aromatic rings. The molecule has 0 spiro atoms. The standard InChI is InChI=1S/C12H18ClN3.C5H10O2/c1-8-6-16(7-9(2)15-8)12-4-3-10(14)5-11(12)13;1-5(2,3)7-4-6/h3-5,8-9,15H,6-7,14H2,1-2H3;4H,1-3H3/t8-,9+;. The van der Waals surface area contributed by atoms with Crippen LogP contribution in [0, 0.1) is 0 Å². The van der Waals surface area contributed by atoms with Crippen molar-refractivity contribution in [2.75, 3.05) is 23.7 Å². The number of nitrogens with two attached hydrogens (primary N) is 1. The van der Waals surface area contributed by atoms with E-state index in [9.17, 15) is 4.79 Å². The summed E-state index contributed by atoms with van der Waals surface area (Å²) in [5.74, 6) is 0. The van der Waals surface area contributed by atoms with Crippen LogP contribution in [0.3, 0.4) is 0 Å². The van der Waals surface area contributed by atoms with Crippen molar-refractivity contribution in [1.82, 2.24) is 5.32 Å². The van der Waals surface area contributed by atoms with E-state index >= 15 is 0 Å². The maximum Gasteiger partial charge on any atom is 0.293 e. The van der Waals surface area contributed by atoms with Crippen molar-refractivity contribution < 1.29 is 9.53 Å². The lowest BCUT2D eigenvalue weighted by Gasteiger charge is -2.38. The Kier molecular flexibility index (Phi) is 7.16. The first-order valence-corrected chi connectivity index (χ1v) is 8.17. The van der Waals surface area contributed by atoms with Gasteiger partial charge in [0, 0.05) is 30.9 Å². The highest BCUT2D eigenvalue weighted by Crippen LogP contribution is 2.29. The van der Waals surface area contributed by atoms with E-state index in [-0.39, 0.29) is 5.60 Å². The zero-order chi connectivity index (χ0) is 17.6. The minimum absolute atomic E-state index is 0.318. The van der Waals surface area contributed by atoms with Gasteiger partial charge >= 0.3 is 0 Å². The number of anilines is 2. The lowest BCUT2D eigenvalue weighted by molar-refractivity contribution is -0.138. The number of piperazine rings is 1. The summed E-state index contributed by atoms with van der Waals surface area (Å²) in [7, 11) is 0. The summed E-state index contributed by atoms with van der Waals surface area (Å²) in [6, 6.07) is 6.68. The van der Waals surface area contributed by atoms with Crippen molar-refractivity contribution in [3.63, 3.8) is 0 Å². The van der Waals surface area contributed by atoms with Crippen LogP contribution in [0.25, 0.3) is 0 Å². The third-order valence-corrected chi connectivity index (χ3v) is 3.57. The van der Waals surface area contributed by atoms with Gasteiger partial charge in [-0.05, 0) is 52.8 Å². The van der Waals surface area contributed by atoms with Gasteiger partial charge in [0.15, 0.2) is 0 Å². The first-order chi connectivity index (χ1) is 10.6. The number of carbonyl (C=O) groups excluding carboxylic acids is 1. The van der Waals surface area contributed by atoms with Crippen LogP contribution in [-0.2, 0) is 9.53 Å². The number of nitrogens with zero attached hydrogens (tertiary/aromatic N) is 1. The van der Waals surface area contributed by atoms with Gasteiger partial charge in [0.1, 0.15) is 5.60 Å². The lowest BCUT2D eigenvalue weighted by Crippen LogP contribution is -2.54. The second kappa shape index (κ2) is 8.41. The quantitative estimate of drug-likeness (QED) is 0.639. The van der Waals surface area contributed by atoms with Crippen molar-refractivity contribution in [2.45, 2.75) is 52.3 Å². The number of rotatable bonds is 2. The molecular weight excluding hydrogens is 314 g/mol. The summed E-state index contributed by atoms with van der Waals surface area (Å²) in [5, 5.41) is 4.24. The predicted molar refractivity (Wildman–Crippen MR) is 97.0 cm³/mol. The zero-order valence-corrected chi connectivity index (χ0v) is 15.4. The van der Waals surface area contributed by atoms with Crippen molar-refractivity contribution in [2.24, 2.45) is 0 Å². The molecule has 0 unspecified atom stereocenters. The van der Waals surface area contributed by atoms with Crippen LogP contribution in [0.4, 0.5) is 11.4 Å². The Morgan fingerprint density at radius 1 is 1.30 bits per heavy atom. The minimum atomic E-state index is -0.318. The summed E-state index contributed by atoms with van der Waals surface area (Å²) in [4.78, 5) is 11.9. The highest BCUT2D eigenvalue weighted by Gasteiger charge is 2.22. The molecule has 3 N–H and O–H groups in total. The highest BCUT2D eigenvalue weighted by molar-refractivity contribution is 6.33. The number of benzene rings is 1. The fourth-order valence-corrected chi connectivity index (χ4v) is 2.76. The van der Waals surface area contributed by atoms with Gasteiger partial charge in [0.25, 0.3) is 6.47 Å². The first-order valence-electron chi connectivity index (χ1n) is 7.80. The Bertz CT molecular complexity index is 507. The van der Waals surface area contributed by atoms with E-state index in [4.69, 9.17) is 17.3 Å². The van der Waals surface area contributed by atoms with Crippen LogP contribution in [0.5, 0.6) is 0 Å². The molecule has 1 heterocycles. The van der Waals surface area contributed by atoms with Gasteiger partial charge in [-0.1, -0.05) is 11.6 Å². The van der Waals surface area contributed by atoms with E-state index in [0.717, 1.165) is 23.8 Å². The van der Waals surface area contributed by atoms with Crippen molar-refractivity contribution >= 4 is 29.4 Å². The van der Waals surface area contributed by atoms with Gasteiger partial charge in [0.2, 0.25) is 0 Å². The minimum Gasteiger partial charge on any atom is -0.462 e. The Morgan fingerprint density at radius 3 is 2.26 bits per heavy atom. The third-order valence-electron chi connectivity index (χ3n) is 3.27. The summed E-state index contributed by atoms with van der Waals surface area (Å²) in [5.41, 5.74) is 7.17. The van der Waals surface area contributed by atoms with Crippen LogP contribution in [0.1, 0.15) is 34.6 Å². The van der Waals surface area contributed by atoms with E-state index < -0.39 is 0 Å². The maximum atomic E-state index is 9.60. The van der Waals surface area contributed by atoms with Gasteiger partial charge in [0.05, 0.1) is 10.7 Å². The molecule has 0 amide bonds. The van der Waals surface area contributed by atoms with E-state index in [2.05, 4.69) is 28.8 Å². The molecule has 5 nitrogen and oxygen atoms in total. The molecule has 6 heteroatoms. The SMILES string of the molecule is CC(C)(C)OC=O.C[C@@H]1CN(c2ccc(N)cc2Cl)C[C@H](C)N1. The van der Waals surface area contributed by atoms with Crippen LogP contribution >= 0.6 is 11.6 Å². The number of nitrogens with one attached hydrogen (secondary N) is 1. The molecule has 1 fully saturated rings. The third kappa shape index (κ3) is 7.10. The Morgan fingerprint density at radius 2 is 1.87 bits per heavy atom. The summed E-state index contributed by atoms with van der Waals surface area (Å²) >= 11 is 6.22. The fraction of sp³-hybridized carbons (Fsp3) is 0.588. The van der Waals surface area contributed by atoms with Crippen LogP contribution in [0.2, 0.25) is 5.02 Å². The lowest BCUT2D eigenvalue weighted by atomic mass is 10.1. The molecule has 0 bridgehead atoms. The van der Waals surface area contributed by atoms with Crippen molar-refractivity contribution in [3.05, 3.63) is 23.2 Å². The number of nitrogen functional groups attached to an aromatic ring is 1. The molecule has 23 heavy (non-hydrogen) atoms. The smallest absolute Gasteiger partial charge is 0.293 e. The van der Waals surface area contributed by atoms with Gasteiger partial charge in [-0.3, -0.25) is 4.79 Å². The van der Waals surface area contributed by atoms with Gasteiger partial charge < -0.3 is 20.7 Å². The number of halogens is 1. The molecule has 2 atom stereocenters. The summed E-state index contributed by atoms with van der Waals surface area (Å²) < 4.78 is 4.55. The first kappa shape index (κ1) is 19.6. The number of hydrogen-bond acceptors (Lipinski definition) is 5. The molecule has 1 aromatic carbocycles. The Hall–Kier alpha value is -1.46. The number of hydrogen-bond donors (Lipinski definition) is 2. The second-order valence-corrected chi connectivity index (χ2v) is 7.32. The molecule has 0 aliphatic carbocycles. The number of carbonyl (C=O) groups is 1. The molecule has 0 saturated carbocycles. The van der Waals surface area contributed by atoms with Crippen LogP contribution in [0.15, 0.2) is 18.2 Å². The molecule has 0 radical (unpaired) electrons. The fourth-order valence-electron chi connectivity index (χ4n) is 2.45. The predicted octanol–water partition coefficient (Wildman–Crippen LogP) is 3.07. The van der Waals surface area contributed by atoms with Gasteiger partial charge in [-0.15, -0.1) is 0 Å². The average molecular weight is 342 g/mol. The topological polar surface area (TPSA) is 67.6 Å². The molecular formula is C17H28ClN3O2. The summed E-state index contributed by atoms with van der Waals surface area (Å²) in [6.07, 6.45) is 0. The summed E-state index contributed by atoms with van der Waals surface area (Å²) in [6.45, 7) is 12.3. The van der Waals surface area contributed by atoms with Crippen molar-refractivity contribution in [3.8, 4) is 0 Å². The van der Waals surface area contributed by atoms with E-state index in [1.165, 1.54) is 0 Å². The largest absolute Gasteiger partial charge is 0.462 e. The highest BCUT2D eigenvalue weighted by atomic mass is 35.5. The van der Waals surface area contributed by atoms with Crippen molar-refractivity contribution in [1.29, 1.82) is 0 Å². The second-order valence-electron chi connectivity index (χ2n) is 6.91. The monoisotopic (exact) mass is 341 g/mol. The van der Waals surface area contributed by atoms with Crippen LogP contribution < -0.4 is 16.0 Å². The van der Waals surface area contributed by atoms with E-state index in [1.807, 2.05) is 39.0 Å². The molecule has 1 saturated heterocycles. The molecule has 1 aliphatic heterocycles. The Balaban J connectivity index is 0.000000322. The maximum absolute atomic E-state index is 9.60. The van der Waals surface area contributed by atoms with Gasteiger partial charge in [-0.25, -0.2) is 0 Å². The normalized spacial score (nSPS) is 21.2. The van der Waals surface area contributed by atoms with E-state index in [1.54, 1.807) is 0 Å². The van der Waals surface area contributed by atoms with Gasteiger partial charge in [-0.2, -0.15) is 0 Å². The van der Waals surface area contributed by atoms with E-state index in [0.29, 0.717) is 24.2 Å². The molecule has 2 rings (SSSR count). The number of ether oxygens (including phenoxy) is 1. The van der Waals surface area contributed by atoms with Crippen LogP contribution in [-0.4, -0.2) is 37.2 Å². The molecule has 0 aromatic heterocycles. The molecule has 130 valence electrons. The average Bonchev–Trinajstić information content (AvgIpc) is 2.36. The zero-order valence-electron chi connectivity index (χ0n) is 14.6. The Labute approximate surface area is 144 Å².